The van der Waals surface area contributed by atoms with Gasteiger partial charge in [0.2, 0.25) is 0 Å². The molecule has 0 heterocycles. The van der Waals surface area contributed by atoms with Gasteiger partial charge in [-0.3, -0.25) is 9.79 Å². The van der Waals surface area contributed by atoms with E-state index in [0.29, 0.717) is 0 Å². The number of allylic oxidation sites excluding steroid dienone is 4. The van der Waals surface area contributed by atoms with Gasteiger partial charge in [-0.25, -0.2) is 4.57 Å². The van der Waals surface area contributed by atoms with Crippen molar-refractivity contribution < 1.29 is 18.9 Å². The van der Waals surface area contributed by atoms with Crippen LogP contribution in [0.1, 0.15) is 194 Å². The molecule has 0 bridgehead atoms. The summed E-state index contributed by atoms with van der Waals surface area (Å²) in [5, 5.41) is 0. The Kier molecular flexibility index (Phi) is 30.2. The zero-order valence-corrected chi connectivity index (χ0v) is 32.3. The van der Waals surface area contributed by atoms with Gasteiger partial charge in [-0.1, -0.05) is 166 Å². The summed E-state index contributed by atoms with van der Waals surface area (Å²) >= 11 is 0. The number of hydrogen-bond acceptors (Lipinski definition) is 3. The van der Waals surface area contributed by atoms with Gasteiger partial charge in [0.15, 0.2) is 5.75 Å². The van der Waals surface area contributed by atoms with Crippen molar-refractivity contribution in [3.63, 3.8) is 0 Å². The molecule has 2 N–H and O–H groups in total. The lowest BCUT2D eigenvalue weighted by Gasteiger charge is -2.27. The number of anilines is 1. The first-order valence-corrected chi connectivity index (χ1v) is 21.9. The summed E-state index contributed by atoms with van der Waals surface area (Å²) in [7, 11) is -4.62. The van der Waals surface area contributed by atoms with Gasteiger partial charge < -0.3 is 9.42 Å². The summed E-state index contributed by atoms with van der Waals surface area (Å²) < 4.78 is 16.7. The maximum absolute atomic E-state index is 11.7. The van der Waals surface area contributed by atoms with Crippen LogP contribution in [-0.4, -0.2) is 22.9 Å². The fraction of sp³-hybridized carbons (Fsp3) is 0.762. The molecule has 0 saturated carbocycles. The van der Waals surface area contributed by atoms with E-state index < -0.39 is 7.82 Å². The van der Waals surface area contributed by atoms with E-state index in [0.717, 1.165) is 31.6 Å². The lowest BCUT2D eigenvalue weighted by atomic mass is 10.1. The summed E-state index contributed by atoms with van der Waals surface area (Å²) in [6.45, 7) is 6.31. The fourth-order valence-corrected chi connectivity index (χ4v) is 6.79. The SMILES string of the molecule is CCCCCCCC/C=C\CCCCCCCCN(CCCCCCCC/C=C\CCCCCCCC)c1ccccc1OP(=O)(O)O. The van der Waals surface area contributed by atoms with Crippen LogP contribution in [-0.2, 0) is 4.57 Å². The van der Waals surface area contributed by atoms with Crippen LogP contribution in [0.4, 0.5) is 5.69 Å². The Morgan fingerprint density at radius 2 is 0.854 bits per heavy atom. The Morgan fingerprint density at radius 3 is 1.23 bits per heavy atom. The van der Waals surface area contributed by atoms with E-state index in [1.54, 1.807) is 12.1 Å². The third-order valence-corrected chi connectivity index (χ3v) is 9.74. The minimum absolute atomic E-state index is 0.278. The standard InChI is InChI=1S/C42H76NO4P/c1-3-5-7-9-11-13-15-17-19-21-23-25-27-29-31-35-39-43(41-37-33-34-38-42(41)47-48(44,45)46)40-36-32-30-28-26-24-22-20-18-16-14-12-10-8-6-4-2/h17-20,33-34,37-38H,3-16,21-32,35-36,39-40H2,1-2H3,(H2,44,45,46)/b19-17-,20-18-. The maximum atomic E-state index is 11.7. The monoisotopic (exact) mass is 690 g/mol. The van der Waals surface area contributed by atoms with Crippen molar-refractivity contribution in [2.75, 3.05) is 18.0 Å². The molecule has 0 saturated heterocycles. The second-order valence-electron chi connectivity index (χ2n) is 13.9. The summed E-state index contributed by atoms with van der Waals surface area (Å²) in [5.74, 6) is 0.278. The van der Waals surface area contributed by atoms with E-state index in [-0.39, 0.29) is 5.75 Å². The van der Waals surface area contributed by atoms with E-state index in [1.807, 2.05) is 12.1 Å². The molecular weight excluding hydrogens is 613 g/mol. The van der Waals surface area contributed by atoms with Crippen molar-refractivity contribution in [2.45, 2.75) is 194 Å². The average molecular weight is 690 g/mol. The molecule has 0 aliphatic heterocycles. The first-order chi connectivity index (χ1) is 23.5. The second kappa shape index (κ2) is 32.6. The van der Waals surface area contributed by atoms with E-state index >= 15 is 0 Å². The molecule has 6 heteroatoms. The van der Waals surface area contributed by atoms with Gasteiger partial charge in [-0.05, 0) is 76.3 Å². The molecule has 0 aliphatic carbocycles. The summed E-state index contributed by atoms with van der Waals surface area (Å²) in [6.07, 6.45) is 45.5. The van der Waals surface area contributed by atoms with Crippen LogP contribution >= 0.6 is 7.82 Å². The third-order valence-electron chi connectivity index (χ3n) is 9.30. The molecule has 1 aromatic carbocycles. The molecule has 0 radical (unpaired) electrons. The molecule has 0 atom stereocenters. The van der Waals surface area contributed by atoms with E-state index in [4.69, 9.17) is 4.52 Å². The van der Waals surface area contributed by atoms with Crippen molar-refractivity contribution >= 4 is 13.5 Å². The number of para-hydroxylation sites is 2. The average Bonchev–Trinajstić information content (AvgIpc) is 3.06. The van der Waals surface area contributed by atoms with E-state index in [2.05, 4.69) is 43.1 Å². The molecule has 278 valence electrons. The van der Waals surface area contributed by atoms with Crippen LogP contribution < -0.4 is 9.42 Å². The summed E-state index contributed by atoms with van der Waals surface area (Å²) in [6, 6.07) is 7.32. The number of hydrogen-bond donors (Lipinski definition) is 2. The van der Waals surface area contributed by atoms with Gasteiger partial charge in [0.1, 0.15) is 0 Å². The molecule has 0 fully saturated rings. The molecular formula is C42H76NO4P. The zero-order chi connectivity index (χ0) is 34.8. The lowest BCUT2D eigenvalue weighted by molar-refractivity contribution is 0.283. The van der Waals surface area contributed by atoms with Gasteiger partial charge in [-0.15, -0.1) is 0 Å². The highest BCUT2D eigenvalue weighted by molar-refractivity contribution is 7.46. The lowest BCUT2D eigenvalue weighted by Crippen LogP contribution is -2.26. The first kappa shape index (κ1) is 44.5. The van der Waals surface area contributed by atoms with Crippen molar-refractivity contribution in [3.8, 4) is 5.75 Å². The van der Waals surface area contributed by atoms with Gasteiger partial charge in [0, 0.05) is 13.1 Å². The maximum Gasteiger partial charge on any atom is 0.524 e. The second-order valence-corrected chi connectivity index (χ2v) is 15.1. The number of unbranched alkanes of at least 4 members (excludes halogenated alkanes) is 24. The normalized spacial score (nSPS) is 12.1. The first-order valence-electron chi connectivity index (χ1n) is 20.4. The number of phosphoric ester groups is 1. The molecule has 0 unspecified atom stereocenters. The topological polar surface area (TPSA) is 70.0 Å². The van der Waals surface area contributed by atoms with Crippen molar-refractivity contribution in [1.29, 1.82) is 0 Å². The molecule has 5 nitrogen and oxygen atoms in total. The summed E-state index contributed by atoms with van der Waals surface area (Å²) in [4.78, 5) is 21.3. The Balaban J connectivity index is 2.28. The minimum Gasteiger partial charge on any atom is -0.402 e. The number of benzene rings is 1. The van der Waals surface area contributed by atoms with Crippen LogP contribution in [0.3, 0.4) is 0 Å². The van der Waals surface area contributed by atoms with E-state index in [1.165, 1.54) is 167 Å². The molecule has 0 spiro atoms. The van der Waals surface area contributed by atoms with Crippen LogP contribution in [0, 0.1) is 0 Å². The molecule has 0 aromatic heterocycles. The predicted molar refractivity (Wildman–Crippen MR) is 210 cm³/mol. The van der Waals surface area contributed by atoms with Gasteiger partial charge >= 0.3 is 7.82 Å². The predicted octanol–water partition coefficient (Wildman–Crippen LogP) is 14.0. The smallest absolute Gasteiger partial charge is 0.402 e. The largest absolute Gasteiger partial charge is 0.524 e. The summed E-state index contributed by atoms with van der Waals surface area (Å²) in [5.41, 5.74) is 0.793. The fourth-order valence-electron chi connectivity index (χ4n) is 6.38. The number of nitrogens with zero attached hydrogens (tertiary/aromatic N) is 1. The van der Waals surface area contributed by atoms with Gasteiger partial charge in [-0.2, -0.15) is 0 Å². The van der Waals surface area contributed by atoms with Crippen LogP contribution in [0.5, 0.6) is 5.75 Å². The molecule has 1 aromatic rings. The Labute approximate surface area is 297 Å². The third kappa shape index (κ3) is 28.3. The highest BCUT2D eigenvalue weighted by atomic mass is 31.2. The van der Waals surface area contributed by atoms with Gasteiger partial charge in [0.25, 0.3) is 0 Å². The Bertz CT molecular complexity index is 901. The quantitative estimate of drug-likeness (QED) is 0.0422. The molecule has 1 rings (SSSR count). The molecule has 0 amide bonds. The Morgan fingerprint density at radius 1 is 0.521 bits per heavy atom. The number of phosphoric acid groups is 1. The van der Waals surface area contributed by atoms with Crippen molar-refractivity contribution in [2.24, 2.45) is 0 Å². The van der Waals surface area contributed by atoms with Crippen LogP contribution in [0.15, 0.2) is 48.6 Å². The van der Waals surface area contributed by atoms with Gasteiger partial charge in [0.05, 0.1) is 5.69 Å². The highest BCUT2D eigenvalue weighted by Crippen LogP contribution is 2.42. The van der Waals surface area contributed by atoms with Crippen LogP contribution in [0.25, 0.3) is 0 Å². The van der Waals surface area contributed by atoms with Crippen molar-refractivity contribution in [1.82, 2.24) is 0 Å². The van der Waals surface area contributed by atoms with Crippen molar-refractivity contribution in [3.05, 3.63) is 48.6 Å². The highest BCUT2D eigenvalue weighted by Gasteiger charge is 2.20. The molecule has 0 aliphatic rings. The Hall–Kier alpha value is -1.55. The van der Waals surface area contributed by atoms with E-state index in [9.17, 15) is 14.4 Å². The zero-order valence-electron chi connectivity index (χ0n) is 31.4. The van der Waals surface area contributed by atoms with Crippen LogP contribution in [0.2, 0.25) is 0 Å². The minimum atomic E-state index is -4.62. The molecule has 48 heavy (non-hydrogen) atoms. The number of rotatable bonds is 35.